The molecule has 0 saturated carbocycles. The second-order valence-corrected chi connectivity index (χ2v) is 6.52. The summed E-state index contributed by atoms with van der Waals surface area (Å²) in [7, 11) is 0. The van der Waals surface area contributed by atoms with Crippen LogP contribution in [-0.4, -0.2) is 34.1 Å². The first kappa shape index (κ1) is 20.6. The van der Waals surface area contributed by atoms with Gasteiger partial charge in [0.15, 0.2) is 0 Å². The van der Waals surface area contributed by atoms with Crippen LogP contribution in [0.2, 0.25) is 0 Å². The first-order valence-electron chi connectivity index (χ1n) is 9.29. The first-order chi connectivity index (χ1) is 11.5. The molecule has 6 heteroatoms. The fourth-order valence-corrected chi connectivity index (χ4v) is 2.78. The van der Waals surface area contributed by atoms with E-state index in [1.807, 2.05) is 0 Å². The zero-order valence-electron chi connectivity index (χ0n) is 14.8. The summed E-state index contributed by atoms with van der Waals surface area (Å²) in [5, 5.41) is 10.4. The molecule has 1 aliphatic heterocycles. The molecule has 1 atom stereocenters. The van der Waals surface area contributed by atoms with Crippen LogP contribution in [0, 0.1) is 0 Å². The maximum atomic E-state index is 11.6. The third-order valence-corrected chi connectivity index (χ3v) is 4.24. The van der Waals surface area contributed by atoms with Crippen LogP contribution in [0.3, 0.4) is 0 Å². The van der Waals surface area contributed by atoms with Gasteiger partial charge in [0.1, 0.15) is 0 Å². The molecule has 1 rings (SSSR count). The van der Waals surface area contributed by atoms with Crippen LogP contribution in [-0.2, 0) is 19.2 Å². The number of amides is 2. The lowest BCUT2D eigenvalue weighted by Crippen LogP contribution is -2.33. The summed E-state index contributed by atoms with van der Waals surface area (Å²) < 4.78 is 0. The van der Waals surface area contributed by atoms with Gasteiger partial charge in [-0.3, -0.25) is 9.59 Å². The molecule has 24 heavy (non-hydrogen) atoms. The Kier molecular flexibility index (Phi) is 10.3. The van der Waals surface area contributed by atoms with Crippen LogP contribution in [0.1, 0.15) is 90.4 Å². The van der Waals surface area contributed by atoms with E-state index in [9.17, 15) is 19.5 Å². The highest BCUT2D eigenvalue weighted by molar-refractivity contribution is 6.01. The standard InChI is InChI=1S/C18H31NO5/c1-2-3-4-5-6-7-8-9-10-11-15(20)14-18(23)24-19-16(21)12-13-17(19)22/h15,20H,2-14H2,1H3. The molecule has 1 aliphatic rings. The van der Waals surface area contributed by atoms with Crippen molar-refractivity contribution < 1.29 is 24.3 Å². The maximum Gasteiger partial charge on any atom is 0.335 e. The number of carbonyl (C=O) groups is 3. The number of aliphatic hydroxyl groups is 1. The summed E-state index contributed by atoms with van der Waals surface area (Å²) in [5.74, 6) is -1.73. The number of aliphatic hydroxyl groups excluding tert-OH is 1. The van der Waals surface area contributed by atoms with Crippen molar-refractivity contribution in [1.82, 2.24) is 5.06 Å². The lowest BCUT2D eigenvalue weighted by atomic mass is 10.0. The average Bonchev–Trinajstić information content (AvgIpc) is 2.85. The van der Waals surface area contributed by atoms with Crippen LogP contribution in [0.15, 0.2) is 0 Å². The zero-order chi connectivity index (χ0) is 17.8. The summed E-state index contributed by atoms with van der Waals surface area (Å²) in [6.45, 7) is 2.21. The van der Waals surface area contributed by atoms with Gasteiger partial charge in [0.05, 0.1) is 12.5 Å². The molecule has 0 aromatic carbocycles. The van der Waals surface area contributed by atoms with Gasteiger partial charge in [0.2, 0.25) is 0 Å². The van der Waals surface area contributed by atoms with E-state index in [2.05, 4.69) is 6.92 Å². The molecule has 0 bridgehead atoms. The van der Waals surface area contributed by atoms with Gasteiger partial charge in [-0.05, 0) is 6.42 Å². The van der Waals surface area contributed by atoms with E-state index in [1.165, 1.54) is 38.5 Å². The Labute approximate surface area is 144 Å². The highest BCUT2D eigenvalue weighted by Crippen LogP contribution is 2.15. The molecule has 1 N–H and O–H groups in total. The van der Waals surface area contributed by atoms with E-state index >= 15 is 0 Å². The number of nitrogens with zero attached hydrogens (tertiary/aromatic N) is 1. The Morgan fingerprint density at radius 2 is 1.50 bits per heavy atom. The molecule has 0 spiro atoms. The number of hydrogen-bond donors (Lipinski definition) is 1. The molecule has 1 fully saturated rings. The third kappa shape index (κ3) is 8.43. The van der Waals surface area contributed by atoms with Crippen molar-refractivity contribution in [3.63, 3.8) is 0 Å². The maximum absolute atomic E-state index is 11.6. The van der Waals surface area contributed by atoms with Gasteiger partial charge in [-0.2, -0.15) is 0 Å². The quantitative estimate of drug-likeness (QED) is 0.410. The average molecular weight is 341 g/mol. The van der Waals surface area contributed by atoms with Gasteiger partial charge in [0.25, 0.3) is 11.8 Å². The number of carbonyl (C=O) groups excluding carboxylic acids is 3. The minimum atomic E-state index is -0.783. The molecule has 1 unspecified atom stereocenters. The summed E-state index contributed by atoms with van der Waals surface area (Å²) in [4.78, 5) is 39.0. The minimum absolute atomic E-state index is 0.0765. The Bertz CT molecular complexity index is 394. The van der Waals surface area contributed by atoms with Crippen molar-refractivity contribution in [2.45, 2.75) is 96.5 Å². The summed E-state index contributed by atoms with van der Waals surface area (Å²) in [5.41, 5.74) is 0. The Balaban J connectivity index is 2.01. The van der Waals surface area contributed by atoms with Crippen molar-refractivity contribution >= 4 is 17.8 Å². The topological polar surface area (TPSA) is 83.9 Å². The van der Waals surface area contributed by atoms with Crippen molar-refractivity contribution in [2.75, 3.05) is 0 Å². The number of hydroxylamine groups is 2. The Morgan fingerprint density at radius 1 is 1.00 bits per heavy atom. The number of rotatable bonds is 13. The highest BCUT2D eigenvalue weighted by atomic mass is 16.7. The van der Waals surface area contributed by atoms with E-state index in [4.69, 9.17) is 4.84 Å². The van der Waals surface area contributed by atoms with E-state index in [0.717, 1.165) is 19.3 Å². The molecular weight excluding hydrogens is 310 g/mol. The van der Waals surface area contributed by atoms with Crippen molar-refractivity contribution in [3.8, 4) is 0 Å². The number of hydrogen-bond acceptors (Lipinski definition) is 5. The fraction of sp³-hybridized carbons (Fsp3) is 0.833. The molecule has 2 amide bonds. The molecule has 0 aliphatic carbocycles. The van der Waals surface area contributed by atoms with E-state index in [1.54, 1.807) is 0 Å². The highest BCUT2D eigenvalue weighted by Gasteiger charge is 2.33. The number of imide groups is 1. The van der Waals surface area contributed by atoms with Crippen LogP contribution >= 0.6 is 0 Å². The summed E-state index contributed by atoms with van der Waals surface area (Å²) in [6.07, 6.45) is 10.5. The lowest BCUT2D eigenvalue weighted by molar-refractivity contribution is -0.198. The first-order valence-corrected chi connectivity index (χ1v) is 9.29. The molecule has 1 heterocycles. The monoisotopic (exact) mass is 341 g/mol. The molecular formula is C18H31NO5. The van der Waals surface area contributed by atoms with E-state index < -0.39 is 23.9 Å². The zero-order valence-corrected chi connectivity index (χ0v) is 14.8. The molecule has 1 saturated heterocycles. The van der Waals surface area contributed by atoms with Crippen molar-refractivity contribution in [1.29, 1.82) is 0 Å². The molecule has 0 aromatic heterocycles. The largest absolute Gasteiger partial charge is 0.393 e. The Hall–Kier alpha value is -1.43. The Morgan fingerprint density at radius 3 is 2.04 bits per heavy atom. The van der Waals surface area contributed by atoms with Gasteiger partial charge in [-0.25, -0.2) is 4.79 Å². The van der Waals surface area contributed by atoms with Crippen LogP contribution in [0.5, 0.6) is 0 Å². The SMILES string of the molecule is CCCCCCCCCCCC(O)CC(=O)ON1C(=O)CCC1=O. The van der Waals surface area contributed by atoms with Gasteiger partial charge >= 0.3 is 5.97 Å². The van der Waals surface area contributed by atoms with Crippen LogP contribution in [0.25, 0.3) is 0 Å². The van der Waals surface area contributed by atoms with Crippen LogP contribution in [0.4, 0.5) is 0 Å². The van der Waals surface area contributed by atoms with Gasteiger partial charge < -0.3 is 9.94 Å². The molecule has 0 aromatic rings. The third-order valence-electron chi connectivity index (χ3n) is 4.24. The van der Waals surface area contributed by atoms with Gasteiger partial charge in [-0.15, -0.1) is 5.06 Å². The van der Waals surface area contributed by atoms with Crippen molar-refractivity contribution in [3.05, 3.63) is 0 Å². The smallest absolute Gasteiger partial charge is 0.335 e. The second-order valence-electron chi connectivity index (χ2n) is 6.52. The predicted octanol–water partition coefficient (Wildman–Crippen LogP) is 3.27. The lowest BCUT2D eigenvalue weighted by Gasteiger charge is -2.14. The van der Waals surface area contributed by atoms with E-state index in [-0.39, 0.29) is 19.3 Å². The fourth-order valence-electron chi connectivity index (χ4n) is 2.78. The molecule has 138 valence electrons. The predicted molar refractivity (Wildman–Crippen MR) is 89.6 cm³/mol. The van der Waals surface area contributed by atoms with Crippen molar-refractivity contribution in [2.24, 2.45) is 0 Å². The van der Waals surface area contributed by atoms with Gasteiger partial charge in [0, 0.05) is 12.8 Å². The minimum Gasteiger partial charge on any atom is -0.393 e. The summed E-state index contributed by atoms with van der Waals surface area (Å²) in [6, 6.07) is 0. The van der Waals surface area contributed by atoms with Gasteiger partial charge in [-0.1, -0.05) is 64.7 Å². The molecule has 0 radical (unpaired) electrons. The molecule has 6 nitrogen and oxygen atoms in total. The summed E-state index contributed by atoms with van der Waals surface area (Å²) >= 11 is 0. The van der Waals surface area contributed by atoms with Crippen LogP contribution < -0.4 is 0 Å². The second kappa shape index (κ2) is 12.0. The van der Waals surface area contributed by atoms with E-state index in [0.29, 0.717) is 11.5 Å². The number of unbranched alkanes of at least 4 members (excludes halogenated alkanes) is 8. The normalized spacial score (nSPS) is 15.8.